The molecule has 104 valence electrons. The Balaban J connectivity index is 1.90. The predicted molar refractivity (Wildman–Crippen MR) is 83.6 cm³/mol. The van der Waals surface area contributed by atoms with E-state index in [1.54, 1.807) is 0 Å². The number of hydrogen-bond acceptors (Lipinski definition) is 2. The third-order valence-electron chi connectivity index (χ3n) is 3.29. The fourth-order valence-corrected chi connectivity index (χ4v) is 2.12. The molecule has 3 nitrogen and oxygen atoms in total. The maximum absolute atomic E-state index is 11.9. The van der Waals surface area contributed by atoms with Crippen LogP contribution in [0.2, 0.25) is 0 Å². The van der Waals surface area contributed by atoms with E-state index in [4.69, 9.17) is 5.73 Å². The summed E-state index contributed by atoms with van der Waals surface area (Å²) >= 11 is 0. The summed E-state index contributed by atoms with van der Waals surface area (Å²) in [5.41, 5.74) is 9.69. The van der Waals surface area contributed by atoms with Gasteiger partial charge in [0.05, 0.1) is 0 Å². The lowest BCUT2D eigenvalue weighted by Crippen LogP contribution is -2.12. The molecule has 3 N–H and O–H groups in total. The highest BCUT2D eigenvalue weighted by atomic mass is 16.1. The van der Waals surface area contributed by atoms with Crippen molar-refractivity contribution in [2.24, 2.45) is 0 Å². The smallest absolute Gasteiger partial charge is 0.224 e. The van der Waals surface area contributed by atoms with Crippen molar-refractivity contribution in [3.05, 3.63) is 59.7 Å². The Morgan fingerprint density at radius 2 is 1.90 bits per heavy atom. The Morgan fingerprint density at radius 1 is 1.15 bits per heavy atom. The number of carbonyl (C=O) groups is 1. The van der Waals surface area contributed by atoms with Gasteiger partial charge < -0.3 is 11.1 Å². The maximum Gasteiger partial charge on any atom is 0.224 e. The van der Waals surface area contributed by atoms with Gasteiger partial charge in [0.15, 0.2) is 0 Å². The van der Waals surface area contributed by atoms with Gasteiger partial charge in [-0.05, 0) is 36.1 Å². The van der Waals surface area contributed by atoms with Crippen molar-refractivity contribution >= 4 is 17.3 Å². The minimum Gasteiger partial charge on any atom is -0.398 e. The van der Waals surface area contributed by atoms with Crippen LogP contribution in [0.1, 0.15) is 24.5 Å². The van der Waals surface area contributed by atoms with Crippen LogP contribution in [0, 0.1) is 0 Å². The zero-order chi connectivity index (χ0) is 14.4. The number of aryl methyl sites for hydroxylation is 2. The van der Waals surface area contributed by atoms with E-state index in [1.165, 1.54) is 5.56 Å². The Morgan fingerprint density at radius 3 is 2.55 bits per heavy atom. The zero-order valence-electron chi connectivity index (χ0n) is 11.7. The summed E-state index contributed by atoms with van der Waals surface area (Å²) in [6, 6.07) is 15.7. The van der Waals surface area contributed by atoms with E-state index in [-0.39, 0.29) is 5.91 Å². The van der Waals surface area contributed by atoms with E-state index in [1.807, 2.05) is 48.5 Å². The summed E-state index contributed by atoms with van der Waals surface area (Å²) < 4.78 is 0. The molecule has 0 aliphatic heterocycles. The SMILES string of the molecule is CCc1ccc(NC(=O)CCc2ccccc2)cc1N. The first kappa shape index (κ1) is 14.1. The first-order valence-corrected chi connectivity index (χ1v) is 6.91. The molecular weight excluding hydrogens is 248 g/mol. The van der Waals surface area contributed by atoms with Gasteiger partial charge in [-0.1, -0.05) is 43.3 Å². The predicted octanol–water partition coefficient (Wildman–Crippen LogP) is 3.40. The molecule has 0 radical (unpaired) electrons. The van der Waals surface area contributed by atoms with Crippen LogP contribution in [0.3, 0.4) is 0 Å². The van der Waals surface area contributed by atoms with Gasteiger partial charge in [-0.15, -0.1) is 0 Å². The number of hydrogen-bond donors (Lipinski definition) is 2. The average Bonchev–Trinajstić information content (AvgIpc) is 2.46. The van der Waals surface area contributed by atoms with Crippen molar-refractivity contribution < 1.29 is 4.79 Å². The van der Waals surface area contributed by atoms with Crippen molar-refractivity contribution in [1.29, 1.82) is 0 Å². The zero-order valence-corrected chi connectivity index (χ0v) is 11.7. The van der Waals surface area contributed by atoms with Gasteiger partial charge in [0, 0.05) is 17.8 Å². The highest BCUT2D eigenvalue weighted by Crippen LogP contribution is 2.18. The summed E-state index contributed by atoms with van der Waals surface area (Å²) in [6.07, 6.45) is 2.11. The van der Waals surface area contributed by atoms with Crippen LogP contribution in [0.25, 0.3) is 0 Å². The molecule has 1 amide bonds. The summed E-state index contributed by atoms with van der Waals surface area (Å²) in [5.74, 6) is 0.0116. The van der Waals surface area contributed by atoms with Gasteiger partial charge in [0.25, 0.3) is 0 Å². The van der Waals surface area contributed by atoms with E-state index < -0.39 is 0 Å². The van der Waals surface area contributed by atoms with E-state index in [2.05, 4.69) is 12.2 Å². The highest BCUT2D eigenvalue weighted by Gasteiger charge is 2.05. The van der Waals surface area contributed by atoms with Crippen LogP contribution in [0.4, 0.5) is 11.4 Å². The van der Waals surface area contributed by atoms with E-state index in [0.29, 0.717) is 6.42 Å². The normalized spacial score (nSPS) is 10.2. The molecule has 0 heterocycles. The lowest BCUT2D eigenvalue weighted by molar-refractivity contribution is -0.116. The van der Waals surface area contributed by atoms with Crippen LogP contribution < -0.4 is 11.1 Å². The quantitative estimate of drug-likeness (QED) is 0.816. The lowest BCUT2D eigenvalue weighted by Gasteiger charge is -2.08. The van der Waals surface area contributed by atoms with Gasteiger partial charge in [0.1, 0.15) is 0 Å². The highest BCUT2D eigenvalue weighted by molar-refractivity contribution is 5.91. The van der Waals surface area contributed by atoms with Gasteiger partial charge in [-0.2, -0.15) is 0 Å². The maximum atomic E-state index is 11.9. The minimum atomic E-state index is 0.0116. The largest absolute Gasteiger partial charge is 0.398 e. The molecule has 0 unspecified atom stereocenters. The number of rotatable bonds is 5. The molecule has 2 aromatic rings. The van der Waals surface area contributed by atoms with Gasteiger partial charge in [0.2, 0.25) is 5.91 Å². The van der Waals surface area contributed by atoms with Crippen molar-refractivity contribution in [3.63, 3.8) is 0 Å². The molecule has 0 aliphatic carbocycles. The number of anilines is 2. The second-order valence-electron chi connectivity index (χ2n) is 4.80. The van der Waals surface area contributed by atoms with Crippen LogP contribution in [-0.2, 0) is 17.6 Å². The molecule has 0 saturated carbocycles. The van der Waals surface area contributed by atoms with Crippen LogP contribution in [0.5, 0.6) is 0 Å². The van der Waals surface area contributed by atoms with Crippen molar-refractivity contribution in [1.82, 2.24) is 0 Å². The summed E-state index contributed by atoms with van der Waals surface area (Å²) in [4.78, 5) is 11.9. The lowest BCUT2D eigenvalue weighted by atomic mass is 10.1. The number of benzene rings is 2. The fourth-order valence-electron chi connectivity index (χ4n) is 2.12. The molecule has 2 aromatic carbocycles. The van der Waals surface area contributed by atoms with Crippen LogP contribution >= 0.6 is 0 Å². The number of amides is 1. The Bertz CT molecular complexity index is 579. The van der Waals surface area contributed by atoms with Crippen LogP contribution in [0.15, 0.2) is 48.5 Å². The van der Waals surface area contributed by atoms with Crippen LogP contribution in [-0.4, -0.2) is 5.91 Å². The van der Waals surface area contributed by atoms with E-state index >= 15 is 0 Å². The molecule has 0 atom stereocenters. The van der Waals surface area contributed by atoms with Gasteiger partial charge in [-0.25, -0.2) is 0 Å². The number of nitrogen functional groups attached to an aromatic ring is 1. The first-order valence-electron chi connectivity index (χ1n) is 6.91. The molecule has 0 fully saturated rings. The van der Waals surface area contributed by atoms with E-state index in [0.717, 1.165) is 29.8 Å². The molecule has 0 saturated heterocycles. The second kappa shape index (κ2) is 6.75. The van der Waals surface area contributed by atoms with Gasteiger partial charge >= 0.3 is 0 Å². The summed E-state index contributed by atoms with van der Waals surface area (Å²) in [7, 11) is 0. The number of nitrogens with one attached hydrogen (secondary N) is 1. The number of carbonyl (C=O) groups excluding carboxylic acids is 1. The third kappa shape index (κ3) is 3.85. The Kier molecular flexibility index (Phi) is 4.77. The first-order chi connectivity index (χ1) is 9.69. The molecule has 0 spiro atoms. The van der Waals surface area contributed by atoms with Crippen molar-refractivity contribution in [2.45, 2.75) is 26.2 Å². The molecule has 0 aliphatic rings. The monoisotopic (exact) mass is 268 g/mol. The van der Waals surface area contributed by atoms with E-state index in [9.17, 15) is 4.79 Å². The molecule has 2 rings (SSSR count). The van der Waals surface area contributed by atoms with Crippen molar-refractivity contribution in [3.8, 4) is 0 Å². The minimum absolute atomic E-state index is 0.0116. The molecule has 0 aromatic heterocycles. The molecular formula is C17H20N2O. The average molecular weight is 268 g/mol. The Hall–Kier alpha value is -2.29. The second-order valence-corrected chi connectivity index (χ2v) is 4.80. The molecule has 3 heteroatoms. The summed E-state index contributed by atoms with van der Waals surface area (Å²) in [6.45, 7) is 2.06. The third-order valence-corrected chi connectivity index (χ3v) is 3.29. The molecule has 20 heavy (non-hydrogen) atoms. The summed E-state index contributed by atoms with van der Waals surface area (Å²) in [5, 5.41) is 2.89. The Labute approximate surface area is 119 Å². The van der Waals surface area contributed by atoms with Gasteiger partial charge in [-0.3, -0.25) is 4.79 Å². The van der Waals surface area contributed by atoms with Crippen molar-refractivity contribution in [2.75, 3.05) is 11.1 Å². The molecule has 0 bridgehead atoms. The number of nitrogens with two attached hydrogens (primary N) is 1. The fraction of sp³-hybridized carbons (Fsp3) is 0.235. The standard InChI is InChI=1S/C17H20N2O/c1-2-14-9-10-15(12-16(14)18)19-17(20)11-8-13-6-4-3-5-7-13/h3-7,9-10,12H,2,8,11,18H2,1H3,(H,19,20). The topological polar surface area (TPSA) is 55.1 Å².